The number of pyridine rings is 1. The van der Waals surface area contributed by atoms with Crippen molar-refractivity contribution in [1.82, 2.24) is 4.98 Å². The molecule has 0 saturated heterocycles. The standard InChI is InChI=1S/C15H15NO.CH5N/c1-11-13(8-3-9-16-11)14-7-2-5-12-6-4-10-17-15(12)14;1-2/h2-3,5,7-9H,4,6,10H2,1H3;2H2,1H3. The number of hydrogen-bond acceptors (Lipinski definition) is 3. The first-order valence-electron chi connectivity index (χ1n) is 6.60. The van der Waals surface area contributed by atoms with Crippen LogP contribution >= 0.6 is 0 Å². The monoisotopic (exact) mass is 256 g/mol. The van der Waals surface area contributed by atoms with Crippen LogP contribution in [0.5, 0.6) is 5.75 Å². The highest BCUT2D eigenvalue weighted by atomic mass is 16.5. The second-order valence-corrected chi connectivity index (χ2v) is 4.38. The Bertz CT molecular complexity index is 552. The van der Waals surface area contributed by atoms with Crippen molar-refractivity contribution in [3.05, 3.63) is 47.8 Å². The minimum atomic E-state index is 0.823. The third-order valence-corrected chi connectivity index (χ3v) is 3.23. The summed E-state index contributed by atoms with van der Waals surface area (Å²) in [6, 6.07) is 10.5. The topological polar surface area (TPSA) is 48.1 Å². The lowest BCUT2D eigenvalue weighted by Gasteiger charge is -2.20. The number of nitrogens with zero attached hydrogens (tertiary/aromatic N) is 1. The number of fused-ring (bicyclic) bond motifs is 1. The van der Waals surface area contributed by atoms with E-state index in [2.05, 4.69) is 35.0 Å². The Balaban J connectivity index is 0.000000637. The maximum Gasteiger partial charge on any atom is 0.130 e. The molecule has 0 saturated carbocycles. The highest BCUT2D eigenvalue weighted by Gasteiger charge is 2.16. The lowest BCUT2D eigenvalue weighted by Crippen LogP contribution is -2.09. The van der Waals surface area contributed by atoms with E-state index < -0.39 is 0 Å². The molecule has 0 radical (unpaired) electrons. The number of rotatable bonds is 1. The lowest BCUT2D eigenvalue weighted by atomic mass is 9.97. The van der Waals surface area contributed by atoms with Crippen LogP contribution in [0.2, 0.25) is 0 Å². The van der Waals surface area contributed by atoms with Crippen molar-refractivity contribution >= 4 is 0 Å². The minimum absolute atomic E-state index is 0.823. The van der Waals surface area contributed by atoms with Gasteiger partial charge in [0.2, 0.25) is 0 Å². The molecule has 0 aliphatic carbocycles. The summed E-state index contributed by atoms with van der Waals surface area (Å²) in [7, 11) is 1.50. The molecule has 1 aromatic heterocycles. The molecule has 100 valence electrons. The average Bonchev–Trinajstić information content (AvgIpc) is 2.49. The van der Waals surface area contributed by atoms with Gasteiger partial charge in [-0.3, -0.25) is 4.98 Å². The highest BCUT2D eigenvalue weighted by Crippen LogP contribution is 2.36. The van der Waals surface area contributed by atoms with Gasteiger partial charge in [0.1, 0.15) is 5.75 Å². The first kappa shape index (κ1) is 13.6. The molecule has 19 heavy (non-hydrogen) atoms. The molecule has 2 heterocycles. The smallest absolute Gasteiger partial charge is 0.130 e. The van der Waals surface area contributed by atoms with E-state index in [-0.39, 0.29) is 0 Å². The van der Waals surface area contributed by atoms with Gasteiger partial charge in [-0.2, -0.15) is 0 Å². The molecule has 0 unspecified atom stereocenters. The van der Waals surface area contributed by atoms with Crippen LogP contribution in [0.1, 0.15) is 17.7 Å². The van der Waals surface area contributed by atoms with Crippen LogP contribution in [0.25, 0.3) is 11.1 Å². The van der Waals surface area contributed by atoms with Crippen LogP contribution in [-0.4, -0.2) is 18.6 Å². The first-order valence-corrected chi connectivity index (χ1v) is 6.60. The molecule has 1 aliphatic heterocycles. The summed E-state index contributed by atoms with van der Waals surface area (Å²) in [6.45, 7) is 2.86. The molecule has 0 fully saturated rings. The number of para-hydroxylation sites is 1. The Kier molecular flexibility index (Phi) is 4.53. The maximum atomic E-state index is 5.84. The van der Waals surface area contributed by atoms with E-state index in [1.165, 1.54) is 23.7 Å². The minimum Gasteiger partial charge on any atom is -0.493 e. The molecule has 3 heteroatoms. The number of aryl methyl sites for hydroxylation is 2. The van der Waals surface area contributed by atoms with Gasteiger partial charge in [0, 0.05) is 23.0 Å². The van der Waals surface area contributed by atoms with E-state index in [1.54, 1.807) is 0 Å². The fourth-order valence-electron chi connectivity index (χ4n) is 2.37. The predicted molar refractivity (Wildman–Crippen MR) is 78.3 cm³/mol. The van der Waals surface area contributed by atoms with Crippen molar-refractivity contribution in [2.24, 2.45) is 5.73 Å². The van der Waals surface area contributed by atoms with E-state index >= 15 is 0 Å². The summed E-state index contributed by atoms with van der Waals surface area (Å²) >= 11 is 0. The van der Waals surface area contributed by atoms with Crippen LogP contribution in [0.3, 0.4) is 0 Å². The Morgan fingerprint density at radius 3 is 2.68 bits per heavy atom. The number of ether oxygens (including phenoxy) is 1. The number of benzene rings is 1. The van der Waals surface area contributed by atoms with Crippen molar-refractivity contribution in [2.75, 3.05) is 13.7 Å². The largest absolute Gasteiger partial charge is 0.493 e. The zero-order valence-electron chi connectivity index (χ0n) is 11.5. The number of hydrogen-bond donors (Lipinski definition) is 1. The fourth-order valence-corrected chi connectivity index (χ4v) is 2.37. The second-order valence-electron chi connectivity index (χ2n) is 4.38. The van der Waals surface area contributed by atoms with Crippen molar-refractivity contribution in [1.29, 1.82) is 0 Å². The molecule has 0 bridgehead atoms. The maximum absolute atomic E-state index is 5.84. The summed E-state index contributed by atoms with van der Waals surface area (Å²) in [4.78, 5) is 4.35. The summed E-state index contributed by atoms with van der Waals surface area (Å²) in [5.41, 5.74) is 9.21. The van der Waals surface area contributed by atoms with Gasteiger partial charge in [-0.15, -0.1) is 0 Å². The van der Waals surface area contributed by atoms with Crippen molar-refractivity contribution in [3.63, 3.8) is 0 Å². The Morgan fingerprint density at radius 2 is 1.89 bits per heavy atom. The summed E-state index contributed by atoms with van der Waals surface area (Å²) in [5, 5.41) is 0. The molecule has 1 aromatic carbocycles. The van der Waals surface area contributed by atoms with Gasteiger partial charge in [0.15, 0.2) is 0 Å². The summed E-state index contributed by atoms with van der Waals surface area (Å²) in [6.07, 6.45) is 4.06. The molecule has 2 aromatic rings. The quantitative estimate of drug-likeness (QED) is 0.853. The van der Waals surface area contributed by atoms with Gasteiger partial charge >= 0.3 is 0 Å². The third kappa shape index (κ3) is 2.76. The van der Waals surface area contributed by atoms with Gasteiger partial charge in [0.05, 0.1) is 6.61 Å². The molecule has 2 N–H and O–H groups in total. The molecule has 3 nitrogen and oxygen atoms in total. The molecule has 0 spiro atoms. The van der Waals surface area contributed by atoms with Crippen LogP contribution in [0.15, 0.2) is 36.5 Å². The zero-order chi connectivity index (χ0) is 13.7. The van der Waals surface area contributed by atoms with Gasteiger partial charge < -0.3 is 10.5 Å². The number of nitrogens with two attached hydrogens (primary N) is 1. The molecule has 0 atom stereocenters. The third-order valence-electron chi connectivity index (χ3n) is 3.23. The van der Waals surface area contributed by atoms with E-state index in [4.69, 9.17) is 4.74 Å². The molecular weight excluding hydrogens is 236 g/mol. The fraction of sp³-hybridized carbons (Fsp3) is 0.312. The number of aromatic nitrogens is 1. The first-order chi connectivity index (χ1) is 9.36. The van der Waals surface area contributed by atoms with Gasteiger partial charge in [-0.1, -0.05) is 24.3 Å². The summed E-state index contributed by atoms with van der Waals surface area (Å²) < 4.78 is 5.84. The lowest BCUT2D eigenvalue weighted by molar-refractivity contribution is 0.289. The van der Waals surface area contributed by atoms with Crippen LogP contribution in [0, 0.1) is 6.92 Å². The van der Waals surface area contributed by atoms with E-state index in [1.807, 2.05) is 19.2 Å². The molecule has 1 aliphatic rings. The molecular formula is C16H20N2O. The van der Waals surface area contributed by atoms with Crippen LogP contribution < -0.4 is 10.5 Å². The Morgan fingerprint density at radius 1 is 1.11 bits per heavy atom. The van der Waals surface area contributed by atoms with E-state index in [0.29, 0.717) is 0 Å². The molecule has 3 rings (SSSR count). The SMILES string of the molecule is CN.Cc1ncccc1-c1cccc2c1OCCC2. The molecule has 0 amide bonds. The van der Waals surface area contributed by atoms with Crippen molar-refractivity contribution < 1.29 is 4.74 Å². The van der Waals surface area contributed by atoms with Gasteiger partial charge in [-0.25, -0.2) is 0 Å². The van der Waals surface area contributed by atoms with Crippen molar-refractivity contribution in [3.8, 4) is 16.9 Å². The van der Waals surface area contributed by atoms with E-state index in [9.17, 15) is 0 Å². The van der Waals surface area contributed by atoms with Crippen LogP contribution in [-0.2, 0) is 6.42 Å². The van der Waals surface area contributed by atoms with Gasteiger partial charge in [0.25, 0.3) is 0 Å². The van der Waals surface area contributed by atoms with Gasteiger partial charge in [-0.05, 0) is 38.4 Å². The Hall–Kier alpha value is -1.87. The second kappa shape index (κ2) is 6.34. The summed E-state index contributed by atoms with van der Waals surface area (Å²) in [5.74, 6) is 1.05. The van der Waals surface area contributed by atoms with Crippen molar-refractivity contribution in [2.45, 2.75) is 19.8 Å². The normalized spacial score (nSPS) is 12.8. The zero-order valence-corrected chi connectivity index (χ0v) is 11.5. The Labute approximate surface area is 114 Å². The predicted octanol–water partition coefficient (Wildman–Crippen LogP) is 2.96. The van der Waals surface area contributed by atoms with Crippen LogP contribution in [0.4, 0.5) is 0 Å². The average molecular weight is 256 g/mol. The van der Waals surface area contributed by atoms with E-state index in [0.717, 1.165) is 30.9 Å². The highest BCUT2D eigenvalue weighted by molar-refractivity contribution is 5.74.